The fourth-order valence-corrected chi connectivity index (χ4v) is 4.74. The van der Waals surface area contributed by atoms with Crippen LogP contribution in [0.4, 0.5) is 0 Å². The summed E-state index contributed by atoms with van der Waals surface area (Å²) in [5.74, 6) is 1.24. The van der Waals surface area contributed by atoms with Gasteiger partial charge in [0.15, 0.2) is 0 Å². The maximum absolute atomic E-state index is 12.4. The number of ether oxygens (including phenoxy) is 1. The van der Waals surface area contributed by atoms with Crippen molar-refractivity contribution in [3.8, 4) is 5.75 Å². The molecule has 0 aromatic heterocycles. The molecule has 2 atom stereocenters. The van der Waals surface area contributed by atoms with Gasteiger partial charge in [0.1, 0.15) is 10.6 Å². The summed E-state index contributed by atoms with van der Waals surface area (Å²) in [5, 5.41) is 3.24. The van der Waals surface area contributed by atoms with Gasteiger partial charge in [-0.05, 0) is 43.1 Å². The van der Waals surface area contributed by atoms with E-state index in [4.69, 9.17) is 4.74 Å². The van der Waals surface area contributed by atoms with Crippen molar-refractivity contribution in [1.29, 1.82) is 0 Å². The molecule has 3 rings (SSSR count). The Hall–Kier alpha value is -0.630. The molecule has 1 aromatic carbocycles. The lowest BCUT2D eigenvalue weighted by Gasteiger charge is -2.12. The number of methoxy groups -OCH3 is 1. The third kappa shape index (κ3) is 2.40. The monoisotopic (exact) mass is 346 g/mol. The van der Waals surface area contributed by atoms with Gasteiger partial charge >= 0.3 is 0 Å². The van der Waals surface area contributed by atoms with Crippen LogP contribution in [-0.4, -0.2) is 34.7 Å². The van der Waals surface area contributed by atoms with E-state index in [1.807, 2.05) is 0 Å². The van der Waals surface area contributed by atoms with Gasteiger partial charge in [-0.2, -0.15) is 0 Å². The van der Waals surface area contributed by atoms with E-state index in [0.717, 1.165) is 13.1 Å². The number of halogens is 1. The summed E-state index contributed by atoms with van der Waals surface area (Å²) in [4.78, 5) is 0.183. The maximum Gasteiger partial charge on any atom is 0.244 e. The van der Waals surface area contributed by atoms with Gasteiger partial charge in [0.25, 0.3) is 0 Å². The molecule has 1 saturated carbocycles. The summed E-state index contributed by atoms with van der Waals surface area (Å²) < 4.78 is 33.5. The molecule has 1 heterocycles. The van der Waals surface area contributed by atoms with Crippen molar-refractivity contribution in [3.05, 3.63) is 22.7 Å². The van der Waals surface area contributed by atoms with Gasteiger partial charge in [-0.1, -0.05) is 15.9 Å². The number of fused-ring (bicyclic) bond motifs is 1. The van der Waals surface area contributed by atoms with Crippen LogP contribution in [0.15, 0.2) is 27.6 Å². The molecule has 2 N–H and O–H groups in total. The molecule has 7 heteroatoms. The van der Waals surface area contributed by atoms with Crippen LogP contribution in [0.5, 0.6) is 5.75 Å². The molecule has 0 amide bonds. The number of sulfonamides is 1. The van der Waals surface area contributed by atoms with E-state index in [2.05, 4.69) is 26.0 Å². The Kier molecular flexibility index (Phi) is 3.33. The van der Waals surface area contributed by atoms with Crippen molar-refractivity contribution < 1.29 is 13.2 Å². The van der Waals surface area contributed by atoms with Crippen molar-refractivity contribution in [2.75, 3.05) is 20.2 Å². The van der Waals surface area contributed by atoms with Crippen molar-refractivity contribution in [2.45, 2.75) is 10.9 Å². The van der Waals surface area contributed by atoms with Crippen LogP contribution in [0.3, 0.4) is 0 Å². The van der Waals surface area contributed by atoms with E-state index >= 15 is 0 Å². The molecule has 0 bridgehead atoms. The van der Waals surface area contributed by atoms with Gasteiger partial charge in [0.2, 0.25) is 10.0 Å². The molecule has 2 unspecified atom stereocenters. The number of hydrogen-bond acceptors (Lipinski definition) is 4. The molecule has 0 radical (unpaired) electrons. The zero-order valence-corrected chi connectivity index (χ0v) is 12.8. The Bertz CT molecular complexity index is 595. The lowest BCUT2D eigenvalue weighted by molar-refractivity contribution is 0.402. The van der Waals surface area contributed by atoms with Crippen LogP contribution in [0.25, 0.3) is 0 Å². The Morgan fingerprint density at radius 1 is 1.37 bits per heavy atom. The Balaban J connectivity index is 1.86. The molecule has 5 nitrogen and oxygen atoms in total. The summed E-state index contributed by atoms with van der Waals surface area (Å²) in [6, 6.07) is 5.04. The smallest absolute Gasteiger partial charge is 0.244 e. The van der Waals surface area contributed by atoms with Gasteiger partial charge in [-0.25, -0.2) is 13.1 Å². The summed E-state index contributed by atoms with van der Waals surface area (Å²) in [7, 11) is -2.07. The molecule has 2 fully saturated rings. The predicted molar refractivity (Wildman–Crippen MR) is 74.7 cm³/mol. The number of nitrogens with one attached hydrogen (secondary N) is 2. The van der Waals surface area contributed by atoms with Gasteiger partial charge < -0.3 is 10.1 Å². The molecular formula is C12H15BrN2O3S. The third-order valence-electron chi connectivity index (χ3n) is 3.80. The van der Waals surface area contributed by atoms with E-state index in [1.54, 1.807) is 18.2 Å². The largest absolute Gasteiger partial charge is 0.495 e. The average molecular weight is 347 g/mol. The van der Waals surface area contributed by atoms with Gasteiger partial charge in [0, 0.05) is 10.5 Å². The van der Waals surface area contributed by atoms with Gasteiger partial charge in [-0.15, -0.1) is 0 Å². The van der Waals surface area contributed by atoms with Crippen LogP contribution in [0.2, 0.25) is 0 Å². The van der Waals surface area contributed by atoms with Crippen LogP contribution in [0, 0.1) is 11.8 Å². The Morgan fingerprint density at radius 3 is 2.68 bits per heavy atom. The molecule has 2 aliphatic rings. The second-order valence-corrected chi connectivity index (χ2v) is 7.53. The second kappa shape index (κ2) is 4.73. The highest BCUT2D eigenvalue weighted by Crippen LogP contribution is 2.42. The second-order valence-electron chi connectivity index (χ2n) is 4.93. The minimum absolute atomic E-state index is 0.0648. The van der Waals surface area contributed by atoms with Crippen molar-refractivity contribution in [2.24, 2.45) is 11.8 Å². The zero-order chi connectivity index (χ0) is 13.6. The first-order valence-corrected chi connectivity index (χ1v) is 8.37. The summed E-state index contributed by atoms with van der Waals surface area (Å²) >= 11 is 3.29. The normalized spacial score (nSPS) is 29.1. The van der Waals surface area contributed by atoms with Crippen molar-refractivity contribution >= 4 is 26.0 Å². The number of hydrogen-bond donors (Lipinski definition) is 2. The molecule has 1 aliphatic heterocycles. The van der Waals surface area contributed by atoms with E-state index < -0.39 is 10.0 Å². The SMILES string of the molecule is COc1ccc(Br)cc1S(=O)(=O)NC1C2CNCC21. The third-order valence-corrected chi connectivity index (χ3v) is 5.77. The lowest BCUT2D eigenvalue weighted by Crippen LogP contribution is -2.32. The van der Waals surface area contributed by atoms with Crippen molar-refractivity contribution in [1.82, 2.24) is 10.0 Å². The van der Waals surface area contributed by atoms with Gasteiger partial charge in [-0.3, -0.25) is 0 Å². The topological polar surface area (TPSA) is 67.4 Å². The maximum atomic E-state index is 12.4. The first kappa shape index (κ1) is 13.4. The van der Waals surface area contributed by atoms with Crippen molar-refractivity contribution in [3.63, 3.8) is 0 Å². The molecule has 19 heavy (non-hydrogen) atoms. The van der Waals surface area contributed by atoms with Crippen LogP contribution < -0.4 is 14.8 Å². The molecule has 1 saturated heterocycles. The Morgan fingerprint density at radius 2 is 2.05 bits per heavy atom. The predicted octanol–water partition coefficient (Wildman–Crippen LogP) is 0.954. The quantitative estimate of drug-likeness (QED) is 0.851. The molecular weight excluding hydrogens is 332 g/mol. The summed E-state index contributed by atoms with van der Waals surface area (Å²) in [6.07, 6.45) is 0. The summed E-state index contributed by atoms with van der Waals surface area (Å²) in [5.41, 5.74) is 0. The number of piperidine rings is 1. The van der Waals surface area contributed by atoms with E-state index in [0.29, 0.717) is 22.1 Å². The van der Waals surface area contributed by atoms with Crippen LogP contribution in [0.1, 0.15) is 0 Å². The van der Waals surface area contributed by atoms with E-state index in [-0.39, 0.29) is 10.9 Å². The molecule has 1 aliphatic carbocycles. The molecule has 1 aromatic rings. The average Bonchev–Trinajstić information content (AvgIpc) is 2.82. The molecule has 104 valence electrons. The number of rotatable bonds is 4. The Labute approximate surface area is 120 Å². The first-order chi connectivity index (χ1) is 9.03. The minimum Gasteiger partial charge on any atom is -0.495 e. The standard InChI is InChI=1S/C12H15BrN2O3S/c1-18-10-3-2-7(13)4-11(10)19(16,17)15-12-8-5-14-6-9(8)12/h2-4,8-9,12,14-15H,5-6H2,1H3. The van der Waals surface area contributed by atoms with Crippen LogP contribution in [-0.2, 0) is 10.0 Å². The fourth-order valence-electron chi connectivity index (χ4n) is 2.70. The summed E-state index contributed by atoms with van der Waals surface area (Å²) in [6.45, 7) is 1.79. The molecule has 0 spiro atoms. The van der Waals surface area contributed by atoms with E-state index in [9.17, 15) is 8.42 Å². The minimum atomic E-state index is -3.54. The van der Waals surface area contributed by atoms with E-state index in [1.165, 1.54) is 7.11 Å². The van der Waals surface area contributed by atoms with Gasteiger partial charge in [0.05, 0.1) is 7.11 Å². The highest BCUT2D eigenvalue weighted by Gasteiger charge is 2.54. The van der Waals surface area contributed by atoms with Crippen LogP contribution >= 0.6 is 15.9 Å². The highest BCUT2D eigenvalue weighted by atomic mass is 79.9. The number of benzene rings is 1. The first-order valence-electron chi connectivity index (χ1n) is 6.09. The highest BCUT2D eigenvalue weighted by molar-refractivity contribution is 9.10. The lowest BCUT2D eigenvalue weighted by atomic mass is 10.3. The zero-order valence-electron chi connectivity index (χ0n) is 10.4. The fraction of sp³-hybridized carbons (Fsp3) is 0.500.